The van der Waals surface area contributed by atoms with Gasteiger partial charge in [-0.15, -0.1) is 0 Å². The highest BCUT2D eigenvalue weighted by molar-refractivity contribution is 5.78. The Morgan fingerprint density at radius 1 is 1.05 bits per heavy atom. The van der Waals surface area contributed by atoms with Gasteiger partial charge in [-0.3, -0.25) is 4.79 Å². The zero-order chi connectivity index (χ0) is 13.5. The lowest BCUT2D eigenvalue weighted by molar-refractivity contribution is -0.121. The molecule has 19 heavy (non-hydrogen) atoms. The molecule has 1 unspecified atom stereocenters. The van der Waals surface area contributed by atoms with Crippen LogP contribution in [-0.4, -0.2) is 24.5 Å². The van der Waals surface area contributed by atoms with E-state index < -0.39 is 0 Å². The van der Waals surface area contributed by atoms with E-state index in [4.69, 9.17) is 0 Å². The van der Waals surface area contributed by atoms with Crippen LogP contribution in [0.3, 0.4) is 0 Å². The molecular weight excluding hydrogens is 236 g/mol. The summed E-state index contributed by atoms with van der Waals surface area (Å²) >= 11 is 0. The summed E-state index contributed by atoms with van der Waals surface area (Å²) in [5.41, 5.74) is 0. The molecule has 0 radical (unpaired) electrons. The lowest BCUT2D eigenvalue weighted by atomic mass is 9.83. The fourth-order valence-electron chi connectivity index (χ4n) is 3.75. The van der Waals surface area contributed by atoms with Gasteiger partial charge in [-0.1, -0.05) is 39.0 Å². The Labute approximate surface area is 117 Å². The zero-order valence-electron chi connectivity index (χ0n) is 12.4. The van der Waals surface area contributed by atoms with Gasteiger partial charge in [0, 0.05) is 12.1 Å². The second-order valence-corrected chi connectivity index (χ2v) is 6.34. The third-order valence-electron chi connectivity index (χ3n) is 4.90. The molecule has 3 nitrogen and oxygen atoms in total. The van der Waals surface area contributed by atoms with Gasteiger partial charge in [0.05, 0.1) is 6.54 Å². The maximum Gasteiger partial charge on any atom is 0.234 e. The standard InChI is InChI=1S/C16H30N2O/c1-2-15(13-8-4-3-5-9-13)17-12-16(19)18-14-10-6-7-11-14/h13-15,17H,2-12H2,1H3,(H,18,19). The first-order valence-corrected chi connectivity index (χ1v) is 8.32. The summed E-state index contributed by atoms with van der Waals surface area (Å²) in [4.78, 5) is 11.9. The minimum atomic E-state index is 0.196. The number of carbonyl (C=O) groups excluding carboxylic acids is 1. The number of amides is 1. The summed E-state index contributed by atoms with van der Waals surface area (Å²) in [5, 5.41) is 6.66. The summed E-state index contributed by atoms with van der Waals surface area (Å²) in [6.07, 6.45) is 12.9. The monoisotopic (exact) mass is 266 g/mol. The van der Waals surface area contributed by atoms with E-state index in [2.05, 4.69) is 17.6 Å². The van der Waals surface area contributed by atoms with Gasteiger partial charge in [0.1, 0.15) is 0 Å². The van der Waals surface area contributed by atoms with Crippen molar-refractivity contribution in [2.75, 3.05) is 6.54 Å². The molecule has 0 aromatic carbocycles. The van der Waals surface area contributed by atoms with Gasteiger partial charge in [0.15, 0.2) is 0 Å². The smallest absolute Gasteiger partial charge is 0.234 e. The Bertz CT molecular complexity index is 268. The molecule has 0 spiro atoms. The van der Waals surface area contributed by atoms with E-state index in [1.54, 1.807) is 0 Å². The average Bonchev–Trinajstić information content (AvgIpc) is 2.93. The first-order valence-electron chi connectivity index (χ1n) is 8.32. The van der Waals surface area contributed by atoms with Gasteiger partial charge in [0.2, 0.25) is 5.91 Å². The fourth-order valence-corrected chi connectivity index (χ4v) is 3.75. The van der Waals surface area contributed by atoms with Crippen LogP contribution >= 0.6 is 0 Å². The Balaban J connectivity index is 1.67. The summed E-state index contributed by atoms with van der Waals surface area (Å²) < 4.78 is 0. The van der Waals surface area contributed by atoms with Crippen molar-refractivity contribution in [3.05, 3.63) is 0 Å². The maximum absolute atomic E-state index is 11.9. The van der Waals surface area contributed by atoms with Crippen molar-refractivity contribution < 1.29 is 4.79 Å². The number of hydrogen-bond acceptors (Lipinski definition) is 2. The van der Waals surface area contributed by atoms with E-state index in [0.29, 0.717) is 18.6 Å². The molecule has 2 N–H and O–H groups in total. The topological polar surface area (TPSA) is 41.1 Å². The normalized spacial score (nSPS) is 23.4. The van der Waals surface area contributed by atoms with Crippen LogP contribution in [0.5, 0.6) is 0 Å². The highest BCUT2D eigenvalue weighted by atomic mass is 16.1. The van der Waals surface area contributed by atoms with Crippen LogP contribution in [0.4, 0.5) is 0 Å². The van der Waals surface area contributed by atoms with Crippen molar-refractivity contribution in [1.82, 2.24) is 10.6 Å². The van der Waals surface area contributed by atoms with Crippen molar-refractivity contribution in [3.8, 4) is 0 Å². The average molecular weight is 266 g/mol. The molecule has 1 amide bonds. The first-order chi connectivity index (χ1) is 9.29. The van der Waals surface area contributed by atoms with Gasteiger partial charge >= 0.3 is 0 Å². The summed E-state index contributed by atoms with van der Waals surface area (Å²) in [5.74, 6) is 0.985. The van der Waals surface area contributed by atoms with Gasteiger partial charge in [-0.2, -0.15) is 0 Å². The molecule has 0 saturated heterocycles. The molecule has 1 atom stereocenters. The zero-order valence-corrected chi connectivity index (χ0v) is 12.4. The second kappa shape index (κ2) is 7.88. The number of carbonyl (C=O) groups is 1. The Morgan fingerprint density at radius 2 is 1.68 bits per heavy atom. The SMILES string of the molecule is CCC(NCC(=O)NC1CCCC1)C1CCCCC1. The predicted molar refractivity (Wildman–Crippen MR) is 79.1 cm³/mol. The summed E-state index contributed by atoms with van der Waals surface area (Å²) in [7, 11) is 0. The highest BCUT2D eigenvalue weighted by Crippen LogP contribution is 2.27. The Hall–Kier alpha value is -0.570. The van der Waals surface area contributed by atoms with E-state index in [0.717, 1.165) is 12.3 Å². The highest BCUT2D eigenvalue weighted by Gasteiger charge is 2.23. The van der Waals surface area contributed by atoms with E-state index in [9.17, 15) is 4.79 Å². The molecule has 2 rings (SSSR count). The number of nitrogens with one attached hydrogen (secondary N) is 2. The minimum Gasteiger partial charge on any atom is -0.352 e. The first kappa shape index (κ1) is 14.8. The quantitative estimate of drug-likeness (QED) is 0.776. The van der Waals surface area contributed by atoms with Gasteiger partial charge in [-0.05, 0) is 38.0 Å². The molecule has 0 aromatic heterocycles. The van der Waals surface area contributed by atoms with Crippen LogP contribution in [0.25, 0.3) is 0 Å². The van der Waals surface area contributed by atoms with Crippen LogP contribution in [0.1, 0.15) is 71.1 Å². The van der Waals surface area contributed by atoms with Crippen molar-refractivity contribution >= 4 is 5.91 Å². The molecule has 0 bridgehead atoms. The fraction of sp³-hybridized carbons (Fsp3) is 0.938. The van der Waals surface area contributed by atoms with E-state index in [-0.39, 0.29) is 5.91 Å². The molecule has 110 valence electrons. The molecule has 0 heterocycles. The van der Waals surface area contributed by atoms with Gasteiger partial charge < -0.3 is 10.6 Å². The van der Waals surface area contributed by atoms with E-state index in [1.165, 1.54) is 57.8 Å². The molecule has 0 aromatic rings. The maximum atomic E-state index is 11.9. The van der Waals surface area contributed by atoms with Crippen molar-refractivity contribution in [2.45, 2.75) is 83.2 Å². The predicted octanol–water partition coefficient (Wildman–Crippen LogP) is 2.99. The molecular formula is C16H30N2O. The third kappa shape index (κ3) is 4.79. The number of rotatable bonds is 6. The third-order valence-corrected chi connectivity index (χ3v) is 4.90. The van der Waals surface area contributed by atoms with Crippen molar-refractivity contribution in [2.24, 2.45) is 5.92 Å². The molecule has 2 saturated carbocycles. The molecule has 2 aliphatic carbocycles. The Kier molecular flexibility index (Phi) is 6.15. The van der Waals surface area contributed by atoms with E-state index >= 15 is 0 Å². The van der Waals surface area contributed by atoms with Crippen LogP contribution in [0.15, 0.2) is 0 Å². The van der Waals surface area contributed by atoms with Gasteiger partial charge in [-0.25, -0.2) is 0 Å². The lowest BCUT2D eigenvalue weighted by Crippen LogP contribution is -2.45. The minimum absolute atomic E-state index is 0.196. The molecule has 2 aliphatic rings. The van der Waals surface area contributed by atoms with Crippen LogP contribution in [0.2, 0.25) is 0 Å². The molecule has 3 heteroatoms. The van der Waals surface area contributed by atoms with Crippen LogP contribution < -0.4 is 10.6 Å². The second-order valence-electron chi connectivity index (χ2n) is 6.34. The van der Waals surface area contributed by atoms with Crippen molar-refractivity contribution in [3.63, 3.8) is 0 Å². The lowest BCUT2D eigenvalue weighted by Gasteiger charge is -2.30. The molecule has 2 fully saturated rings. The van der Waals surface area contributed by atoms with Gasteiger partial charge in [0.25, 0.3) is 0 Å². The number of hydrogen-bond donors (Lipinski definition) is 2. The Morgan fingerprint density at radius 3 is 2.32 bits per heavy atom. The van der Waals surface area contributed by atoms with E-state index in [1.807, 2.05) is 0 Å². The summed E-state index contributed by atoms with van der Waals surface area (Å²) in [6, 6.07) is 0.985. The summed E-state index contributed by atoms with van der Waals surface area (Å²) in [6.45, 7) is 2.74. The van der Waals surface area contributed by atoms with Crippen LogP contribution in [-0.2, 0) is 4.79 Å². The van der Waals surface area contributed by atoms with Crippen molar-refractivity contribution in [1.29, 1.82) is 0 Å². The largest absolute Gasteiger partial charge is 0.352 e. The van der Waals surface area contributed by atoms with Crippen LogP contribution in [0, 0.1) is 5.92 Å². The molecule has 0 aliphatic heterocycles.